The Hall–Kier alpha value is -1.44. The third-order valence-corrected chi connectivity index (χ3v) is 4.20. The number of nitrogens with zero attached hydrogens (tertiary/aromatic N) is 1. The van der Waals surface area contributed by atoms with Gasteiger partial charge >= 0.3 is 5.97 Å². The number of hydrogen-bond acceptors (Lipinski definition) is 4. The Labute approximate surface area is 136 Å². The quantitative estimate of drug-likeness (QED) is 0.573. The molecule has 1 amide bonds. The van der Waals surface area contributed by atoms with Gasteiger partial charge in [-0.15, -0.1) is 0 Å². The Balaban J connectivity index is 2.40. The molecule has 6 heteroatoms. The molecule has 112 valence electrons. The standard InChI is InChI=1S/C15H16INO4/c1-3-21-15(20)14-12(9(2)18)8-13(19)17(14)11-6-4-10(16)5-7-11/h4-7,12,14H,3,8H2,1-2H3. The van der Waals surface area contributed by atoms with Crippen molar-refractivity contribution in [3.63, 3.8) is 0 Å². The summed E-state index contributed by atoms with van der Waals surface area (Å²) in [5.41, 5.74) is 0.613. The van der Waals surface area contributed by atoms with E-state index in [2.05, 4.69) is 22.6 Å². The van der Waals surface area contributed by atoms with Crippen LogP contribution in [0, 0.1) is 9.49 Å². The highest BCUT2D eigenvalue weighted by molar-refractivity contribution is 14.1. The summed E-state index contributed by atoms with van der Waals surface area (Å²) in [5.74, 6) is -1.57. The molecule has 1 heterocycles. The van der Waals surface area contributed by atoms with Crippen molar-refractivity contribution in [2.24, 2.45) is 5.92 Å². The molecule has 0 aliphatic carbocycles. The van der Waals surface area contributed by atoms with Gasteiger partial charge in [0.1, 0.15) is 11.8 Å². The SMILES string of the molecule is CCOC(=O)C1C(C(C)=O)CC(=O)N1c1ccc(I)cc1. The summed E-state index contributed by atoms with van der Waals surface area (Å²) in [6.07, 6.45) is 0.0464. The fraction of sp³-hybridized carbons (Fsp3) is 0.400. The second kappa shape index (κ2) is 6.55. The molecule has 1 fully saturated rings. The van der Waals surface area contributed by atoms with Crippen LogP contribution < -0.4 is 4.90 Å². The first-order valence-corrected chi connectivity index (χ1v) is 7.78. The maximum atomic E-state index is 12.3. The minimum atomic E-state index is -0.866. The van der Waals surface area contributed by atoms with E-state index >= 15 is 0 Å². The number of amides is 1. The summed E-state index contributed by atoms with van der Waals surface area (Å²) in [4.78, 5) is 37.6. The molecule has 0 aromatic heterocycles. The number of rotatable bonds is 4. The second-order valence-electron chi connectivity index (χ2n) is 4.86. The molecule has 2 rings (SSSR count). The number of carbonyl (C=O) groups excluding carboxylic acids is 3. The van der Waals surface area contributed by atoms with Crippen LogP contribution in [-0.4, -0.2) is 30.3 Å². The summed E-state index contributed by atoms with van der Waals surface area (Å²) >= 11 is 2.16. The van der Waals surface area contributed by atoms with Gasteiger partial charge in [-0.1, -0.05) is 0 Å². The zero-order valence-electron chi connectivity index (χ0n) is 11.8. The van der Waals surface area contributed by atoms with Crippen molar-refractivity contribution < 1.29 is 19.1 Å². The molecule has 0 saturated carbocycles. The molecule has 1 aliphatic heterocycles. The molecule has 5 nitrogen and oxygen atoms in total. The van der Waals surface area contributed by atoms with Gasteiger partial charge in [-0.2, -0.15) is 0 Å². The first kappa shape index (κ1) is 15.9. The number of ether oxygens (including phenoxy) is 1. The van der Waals surface area contributed by atoms with Crippen LogP contribution in [0.5, 0.6) is 0 Å². The van der Waals surface area contributed by atoms with Crippen molar-refractivity contribution in [3.05, 3.63) is 27.8 Å². The first-order chi connectivity index (χ1) is 9.95. The molecule has 21 heavy (non-hydrogen) atoms. The first-order valence-electron chi connectivity index (χ1n) is 6.70. The minimum absolute atomic E-state index is 0.0464. The highest BCUT2D eigenvalue weighted by Crippen LogP contribution is 2.32. The molecule has 1 aliphatic rings. The van der Waals surface area contributed by atoms with Crippen LogP contribution >= 0.6 is 22.6 Å². The smallest absolute Gasteiger partial charge is 0.330 e. The normalized spacial score (nSPS) is 21.5. The van der Waals surface area contributed by atoms with Crippen molar-refractivity contribution in [3.8, 4) is 0 Å². The van der Waals surface area contributed by atoms with E-state index in [1.54, 1.807) is 19.1 Å². The summed E-state index contributed by atoms with van der Waals surface area (Å²) in [5, 5.41) is 0. The Bertz CT molecular complexity index is 570. The van der Waals surface area contributed by atoms with Gasteiger partial charge in [-0.25, -0.2) is 4.79 Å². The maximum absolute atomic E-state index is 12.3. The third-order valence-electron chi connectivity index (χ3n) is 3.48. The average Bonchev–Trinajstić information content (AvgIpc) is 2.78. The number of hydrogen-bond donors (Lipinski definition) is 0. The number of benzene rings is 1. The lowest BCUT2D eigenvalue weighted by Crippen LogP contribution is -2.44. The Kier molecular flexibility index (Phi) is 4.97. The topological polar surface area (TPSA) is 63.7 Å². The molecule has 2 unspecified atom stereocenters. The molecular formula is C15H16INO4. The largest absolute Gasteiger partial charge is 0.464 e. The van der Waals surface area contributed by atoms with E-state index in [1.165, 1.54) is 11.8 Å². The fourth-order valence-corrected chi connectivity index (χ4v) is 2.86. The number of anilines is 1. The molecule has 0 spiro atoms. The van der Waals surface area contributed by atoms with Crippen molar-refractivity contribution in [2.75, 3.05) is 11.5 Å². The highest BCUT2D eigenvalue weighted by Gasteiger charge is 2.47. The molecule has 0 N–H and O–H groups in total. The number of esters is 1. The predicted octanol–water partition coefficient (Wildman–Crippen LogP) is 2.16. The molecule has 0 radical (unpaired) electrons. The van der Waals surface area contributed by atoms with E-state index in [1.807, 2.05) is 12.1 Å². The van der Waals surface area contributed by atoms with E-state index in [0.717, 1.165) is 3.57 Å². The van der Waals surface area contributed by atoms with Gasteiger partial charge in [0.25, 0.3) is 0 Å². The van der Waals surface area contributed by atoms with Gasteiger partial charge in [0.2, 0.25) is 5.91 Å². The van der Waals surface area contributed by atoms with Gasteiger partial charge in [-0.05, 0) is 60.7 Å². The summed E-state index contributed by atoms with van der Waals surface area (Å²) in [6.45, 7) is 3.32. The Morgan fingerprint density at radius 2 is 1.95 bits per heavy atom. The number of ketones is 1. The lowest BCUT2D eigenvalue weighted by Gasteiger charge is -2.25. The zero-order valence-corrected chi connectivity index (χ0v) is 14.0. The van der Waals surface area contributed by atoms with Crippen molar-refractivity contribution in [1.82, 2.24) is 0 Å². The Morgan fingerprint density at radius 3 is 2.48 bits per heavy atom. The van der Waals surface area contributed by atoms with Crippen LogP contribution in [0.3, 0.4) is 0 Å². The fourth-order valence-electron chi connectivity index (χ4n) is 2.50. The van der Waals surface area contributed by atoms with Gasteiger partial charge in [-0.3, -0.25) is 14.5 Å². The van der Waals surface area contributed by atoms with E-state index in [9.17, 15) is 14.4 Å². The third kappa shape index (κ3) is 3.25. The average molecular weight is 401 g/mol. The van der Waals surface area contributed by atoms with Crippen molar-refractivity contribution >= 4 is 45.9 Å². The van der Waals surface area contributed by atoms with E-state index in [4.69, 9.17) is 4.74 Å². The van der Waals surface area contributed by atoms with Gasteiger partial charge < -0.3 is 4.74 Å². The van der Waals surface area contributed by atoms with Crippen LogP contribution in [0.1, 0.15) is 20.3 Å². The van der Waals surface area contributed by atoms with Crippen molar-refractivity contribution in [1.29, 1.82) is 0 Å². The number of Topliss-reactive ketones (excluding diaryl/α,β-unsaturated/α-hetero) is 1. The maximum Gasteiger partial charge on any atom is 0.330 e. The molecule has 1 aromatic carbocycles. The number of carbonyl (C=O) groups is 3. The second-order valence-corrected chi connectivity index (χ2v) is 6.10. The van der Waals surface area contributed by atoms with Crippen LogP contribution in [-0.2, 0) is 19.1 Å². The zero-order chi connectivity index (χ0) is 15.6. The van der Waals surface area contributed by atoms with E-state index in [0.29, 0.717) is 5.69 Å². The summed E-state index contributed by atoms with van der Waals surface area (Å²) < 4.78 is 6.07. The molecule has 2 atom stereocenters. The van der Waals surface area contributed by atoms with Gasteiger partial charge in [0.15, 0.2) is 0 Å². The molecule has 0 bridgehead atoms. The Morgan fingerprint density at radius 1 is 1.33 bits per heavy atom. The molecular weight excluding hydrogens is 385 g/mol. The monoisotopic (exact) mass is 401 g/mol. The predicted molar refractivity (Wildman–Crippen MR) is 85.9 cm³/mol. The summed E-state index contributed by atoms with van der Waals surface area (Å²) in [6, 6.07) is 6.39. The van der Waals surface area contributed by atoms with Crippen LogP contribution in [0.15, 0.2) is 24.3 Å². The van der Waals surface area contributed by atoms with Crippen LogP contribution in [0.25, 0.3) is 0 Å². The minimum Gasteiger partial charge on any atom is -0.464 e. The van der Waals surface area contributed by atoms with Crippen LogP contribution in [0.4, 0.5) is 5.69 Å². The molecule has 1 saturated heterocycles. The van der Waals surface area contributed by atoms with E-state index in [-0.39, 0.29) is 24.7 Å². The van der Waals surface area contributed by atoms with Crippen molar-refractivity contribution in [2.45, 2.75) is 26.3 Å². The lowest BCUT2D eigenvalue weighted by molar-refractivity contribution is -0.147. The molecule has 1 aromatic rings. The number of halogens is 1. The van der Waals surface area contributed by atoms with E-state index < -0.39 is 17.9 Å². The van der Waals surface area contributed by atoms with Gasteiger partial charge in [0.05, 0.1) is 12.5 Å². The van der Waals surface area contributed by atoms with Crippen LogP contribution in [0.2, 0.25) is 0 Å². The van der Waals surface area contributed by atoms with Gasteiger partial charge in [0, 0.05) is 15.7 Å². The summed E-state index contributed by atoms with van der Waals surface area (Å²) in [7, 11) is 0. The highest BCUT2D eigenvalue weighted by atomic mass is 127. The lowest BCUT2D eigenvalue weighted by atomic mass is 9.96.